The highest BCUT2D eigenvalue weighted by Gasteiger charge is 2.34. The average molecular weight is 589 g/mol. The lowest BCUT2D eigenvalue weighted by Crippen LogP contribution is -2.14. The molecule has 0 aromatic heterocycles. The van der Waals surface area contributed by atoms with Gasteiger partial charge in [-0.3, -0.25) is 4.79 Å². The Balaban J connectivity index is 1.58. The number of thioether (sulfide) groups is 1. The Hall–Kier alpha value is -3.23. The maximum absolute atomic E-state index is 12.7. The molecule has 0 spiro atoms. The van der Waals surface area contributed by atoms with Crippen molar-refractivity contribution in [1.29, 1.82) is 0 Å². The topological polar surface area (TPSA) is 85.2 Å². The van der Waals surface area contributed by atoms with Gasteiger partial charge >= 0.3 is 5.97 Å². The Kier molecular flexibility index (Phi) is 9.17. The molecule has 0 saturated heterocycles. The van der Waals surface area contributed by atoms with Crippen molar-refractivity contribution >= 4 is 69.6 Å². The highest BCUT2D eigenvalue weighted by molar-refractivity contribution is 8.18. The van der Waals surface area contributed by atoms with Gasteiger partial charge in [-0.1, -0.05) is 76.9 Å². The number of benzene rings is 3. The van der Waals surface area contributed by atoms with E-state index in [4.69, 9.17) is 44.3 Å². The lowest BCUT2D eigenvalue weighted by Gasteiger charge is -2.10. The number of esters is 1. The van der Waals surface area contributed by atoms with Crippen LogP contribution in [0, 0.1) is 0 Å². The smallest absolute Gasteiger partial charge is 0.344 e. The molecule has 1 amide bonds. The molecule has 0 fully saturated rings. The predicted molar refractivity (Wildman–Crippen MR) is 152 cm³/mol. The summed E-state index contributed by atoms with van der Waals surface area (Å²) < 4.78 is 10.9. The molecule has 10 heteroatoms. The van der Waals surface area contributed by atoms with Crippen LogP contribution in [0.15, 0.2) is 88.0 Å². The standard InChI is InChI=1S/C28H20Cl3NO5S/c1-2-36-28(35)24-25(33)23(38-27(24)32-26(34)17-6-4-3-5-7-17)13-16-8-11-22(21(31)12-16)37-15-18-9-10-19(29)14-20(18)30/h3-14,33H,2,15H2,1H3/b23-13-,32-27?. The van der Waals surface area contributed by atoms with Crippen molar-refractivity contribution in [2.45, 2.75) is 13.5 Å². The number of ether oxygens (including phenoxy) is 2. The van der Waals surface area contributed by atoms with E-state index in [-0.39, 0.29) is 29.6 Å². The van der Waals surface area contributed by atoms with Crippen LogP contribution >= 0.6 is 46.6 Å². The Morgan fingerprint density at radius 3 is 2.45 bits per heavy atom. The van der Waals surface area contributed by atoms with Crippen molar-refractivity contribution in [1.82, 2.24) is 0 Å². The van der Waals surface area contributed by atoms with Gasteiger partial charge in [-0.25, -0.2) is 9.79 Å². The summed E-state index contributed by atoms with van der Waals surface area (Å²) in [5.74, 6) is -1.22. The second-order valence-electron chi connectivity index (χ2n) is 7.86. The fraction of sp³-hybridized carbons (Fsp3) is 0.107. The van der Waals surface area contributed by atoms with Crippen molar-refractivity contribution in [3.63, 3.8) is 0 Å². The van der Waals surface area contributed by atoms with Gasteiger partial charge in [0.25, 0.3) is 5.91 Å². The summed E-state index contributed by atoms with van der Waals surface area (Å²) in [4.78, 5) is 29.6. The fourth-order valence-electron chi connectivity index (χ4n) is 3.40. The minimum atomic E-state index is -0.775. The van der Waals surface area contributed by atoms with E-state index in [2.05, 4.69) is 4.99 Å². The molecule has 1 N–H and O–H groups in total. The molecule has 6 nitrogen and oxygen atoms in total. The van der Waals surface area contributed by atoms with Crippen LogP contribution in [-0.2, 0) is 16.1 Å². The van der Waals surface area contributed by atoms with Crippen LogP contribution in [0.1, 0.15) is 28.4 Å². The van der Waals surface area contributed by atoms with Crippen LogP contribution in [0.4, 0.5) is 0 Å². The minimum absolute atomic E-state index is 0.0481. The van der Waals surface area contributed by atoms with Gasteiger partial charge < -0.3 is 14.6 Å². The third-order valence-corrected chi connectivity index (χ3v) is 7.15. The number of hydrogen-bond acceptors (Lipinski definition) is 6. The third kappa shape index (κ3) is 6.60. The van der Waals surface area contributed by atoms with E-state index in [9.17, 15) is 14.7 Å². The number of carbonyl (C=O) groups is 2. The molecule has 0 atom stereocenters. The third-order valence-electron chi connectivity index (χ3n) is 5.25. The lowest BCUT2D eigenvalue weighted by molar-refractivity contribution is -0.138. The number of aliphatic hydroxyl groups excluding tert-OH is 1. The summed E-state index contributed by atoms with van der Waals surface area (Å²) in [6.07, 6.45) is 1.63. The van der Waals surface area contributed by atoms with Gasteiger partial charge in [0.15, 0.2) is 0 Å². The zero-order chi connectivity index (χ0) is 27.2. The van der Waals surface area contributed by atoms with Gasteiger partial charge in [-0.05, 0) is 55.0 Å². The maximum atomic E-state index is 12.7. The second kappa shape index (κ2) is 12.5. The number of amides is 1. The van der Waals surface area contributed by atoms with Gasteiger partial charge in [0.05, 0.1) is 16.5 Å². The zero-order valence-corrected chi connectivity index (χ0v) is 23.0. The van der Waals surface area contributed by atoms with E-state index in [0.29, 0.717) is 36.8 Å². The van der Waals surface area contributed by atoms with Gasteiger partial charge in [-0.15, -0.1) is 0 Å². The monoisotopic (exact) mass is 587 g/mol. The van der Waals surface area contributed by atoms with Crippen molar-refractivity contribution in [2.24, 2.45) is 4.99 Å². The average Bonchev–Trinajstić information content (AvgIpc) is 3.19. The molecular formula is C28H20Cl3NO5S. The van der Waals surface area contributed by atoms with E-state index in [1.54, 1.807) is 79.7 Å². The number of rotatable bonds is 7. The minimum Gasteiger partial charge on any atom is -0.506 e. The number of nitrogens with zero attached hydrogens (tertiary/aromatic N) is 1. The summed E-state index contributed by atoms with van der Waals surface area (Å²) in [5, 5.41) is 12.2. The second-order valence-corrected chi connectivity index (χ2v) is 10.1. The van der Waals surface area contributed by atoms with Crippen molar-refractivity contribution in [3.8, 4) is 5.75 Å². The molecular weight excluding hydrogens is 569 g/mol. The Morgan fingerprint density at radius 1 is 1.00 bits per heavy atom. The molecule has 0 bridgehead atoms. The molecule has 1 aliphatic rings. The number of carbonyl (C=O) groups excluding carboxylic acids is 2. The first kappa shape index (κ1) is 27.8. The number of halogens is 3. The summed E-state index contributed by atoms with van der Waals surface area (Å²) in [5.41, 5.74) is 1.56. The highest BCUT2D eigenvalue weighted by atomic mass is 35.5. The van der Waals surface area contributed by atoms with Crippen molar-refractivity contribution in [2.75, 3.05) is 6.61 Å². The maximum Gasteiger partial charge on any atom is 0.344 e. The fourth-order valence-corrected chi connectivity index (χ4v) is 5.12. The molecule has 0 aliphatic carbocycles. The van der Waals surface area contributed by atoms with Crippen molar-refractivity contribution in [3.05, 3.63) is 115 Å². The molecule has 1 aliphatic heterocycles. The molecule has 0 radical (unpaired) electrons. The van der Waals surface area contributed by atoms with Gasteiger partial charge in [-0.2, -0.15) is 0 Å². The summed E-state index contributed by atoms with van der Waals surface area (Å²) in [6.45, 7) is 1.93. The van der Waals surface area contributed by atoms with Gasteiger partial charge in [0, 0.05) is 21.2 Å². The molecule has 0 unspecified atom stereocenters. The largest absolute Gasteiger partial charge is 0.506 e. The Bertz CT molecular complexity index is 1490. The normalized spacial score (nSPS) is 15.3. The molecule has 3 aromatic rings. The molecule has 0 saturated carbocycles. The van der Waals surface area contributed by atoms with Crippen LogP contribution in [0.2, 0.25) is 15.1 Å². The predicted octanol–water partition coefficient (Wildman–Crippen LogP) is 7.93. The lowest BCUT2D eigenvalue weighted by atomic mass is 10.1. The Labute approximate surface area is 238 Å². The molecule has 194 valence electrons. The van der Waals surface area contributed by atoms with E-state index in [1.165, 1.54) is 0 Å². The summed E-state index contributed by atoms with van der Waals surface area (Å²) >= 11 is 19.6. The number of aliphatic hydroxyl groups is 1. The SMILES string of the molecule is CCOC(=O)C1=C(O)/C(=C/c2ccc(OCc3ccc(Cl)cc3Cl)c(Cl)c2)SC1=NC(=O)c1ccccc1. The molecule has 1 heterocycles. The number of hydrogen-bond donors (Lipinski definition) is 1. The van der Waals surface area contributed by atoms with E-state index in [0.717, 1.165) is 17.3 Å². The van der Waals surface area contributed by atoms with E-state index < -0.39 is 11.9 Å². The van der Waals surface area contributed by atoms with Crippen LogP contribution in [0.25, 0.3) is 6.08 Å². The number of aliphatic imine (C=N–C) groups is 1. The Morgan fingerprint density at radius 2 is 1.76 bits per heavy atom. The van der Waals surface area contributed by atoms with E-state index >= 15 is 0 Å². The van der Waals surface area contributed by atoms with Crippen LogP contribution in [0.5, 0.6) is 5.75 Å². The van der Waals surface area contributed by atoms with E-state index in [1.807, 2.05) is 0 Å². The first-order valence-corrected chi connectivity index (χ1v) is 13.3. The molecule has 3 aromatic carbocycles. The summed E-state index contributed by atoms with van der Waals surface area (Å²) in [6, 6.07) is 18.6. The van der Waals surface area contributed by atoms with Crippen LogP contribution in [0.3, 0.4) is 0 Å². The van der Waals surface area contributed by atoms with Gasteiger partial charge in [0.1, 0.15) is 28.7 Å². The van der Waals surface area contributed by atoms with Crippen molar-refractivity contribution < 1.29 is 24.2 Å². The highest BCUT2D eigenvalue weighted by Crippen LogP contribution is 2.40. The first-order valence-electron chi connectivity index (χ1n) is 11.3. The quantitative estimate of drug-likeness (QED) is 0.282. The van der Waals surface area contributed by atoms with Crippen LogP contribution in [-0.4, -0.2) is 28.6 Å². The first-order chi connectivity index (χ1) is 18.3. The molecule has 4 rings (SSSR count). The van der Waals surface area contributed by atoms with Gasteiger partial charge in [0.2, 0.25) is 0 Å². The zero-order valence-electron chi connectivity index (χ0n) is 19.9. The summed E-state index contributed by atoms with van der Waals surface area (Å²) in [7, 11) is 0. The molecule has 38 heavy (non-hydrogen) atoms. The van der Waals surface area contributed by atoms with Crippen LogP contribution < -0.4 is 4.74 Å².